The fourth-order valence-corrected chi connectivity index (χ4v) is 4.02. The lowest BCUT2D eigenvalue weighted by Crippen LogP contribution is -2.34. The van der Waals surface area contributed by atoms with E-state index in [9.17, 15) is 14.0 Å². The van der Waals surface area contributed by atoms with Gasteiger partial charge in [-0.15, -0.1) is 0 Å². The van der Waals surface area contributed by atoms with Crippen LogP contribution >= 0.6 is 0 Å². The third-order valence-corrected chi connectivity index (χ3v) is 5.73. The summed E-state index contributed by atoms with van der Waals surface area (Å²) in [5.74, 6) is -0.764. The normalized spacial score (nSPS) is 17.2. The van der Waals surface area contributed by atoms with Gasteiger partial charge in [-0.2, -0.15) is 0 Å². The van der Waals surface area contributed by atoms with Gasteiger partial charge in [-0.1, -0.05) is 19.4 Å². The minimum Gasteiger partial charge on any atom is -0.351 e. The molecule has 32 heavy (non-hydrogen) atoms. The van der Waals surface area contributed by atoms with E-state index in [0.717, 1.165) is 36.4 Å². The SMILES string of the molecule is CC.CC(C)=C(C(=O)NCCN1CCCC1)/C(C)=C(C)/C=C1\C(=O)Nc2ccc(F)cc21. The maximum absolute atomic E-state index is 13.7. The van der Waals surface area contributed by atoms with Gasteiger partial charge < -0.3 is 15.5 Å². The van der Waals surface area contributed by atoms with E-state index in [-0.39, 0.29) is 11.8 Å². The van der Waals surface area contributed by atoms with Crippen LogP contribution in [0.25, 0.3) is 5.57 Å². The van der Waals surface area contributed by atoms with Crippen LogP contribution in [0, 0.1) is 5.82 Å². The number of allylic oxidation sites excluding steroid dienone is 3. The van der Waals surface area contributed by atoms with E-state index in [1.165, 1.54) is 25.0 Å². The Balaban J connectivity index is 0.00000176. The lowest BCUT2D eigenvalue weighted by molar-refractivity contribution is -0.117. The summed E-state index contributed by atoms with van der Waals surface area (Å²) in [7, 11) is 0. The zero-order chi connectivity index (χ0) is 23.8. The summed E-state index contributed by atoms with van der Waals surface area (Å²) in [4.78, 5) is 27.6. The highest BCUT2D eigenvalue weighted by Crippen LogP contribution is 2.33. The van der Waals surface area contributed by atoms with Crippen LogP contribution in [0.4, 0.5) is 10.1 Å². The third-order valence-electron chi connectivity index (χ3n) is 5.73. The number of carbonyl (C=O) groups is 2. The molecule has 1 saturated heterocycles. The van der Waals surface area contributed by atoms with Gasteiger partial charge in [0.15, 0.2) is 0 Å². The zero-order valence-corrected chi connectivity index (χ0v) is 20.2. The van der Waals surface area contributed by atoms with Crippen molar-refractivity contribution in [2.24, 2.45) is 0 Å². The first-order valence-corrected chi connectivity index (χ1v) is 11.5. The Morgan fingerprint density at radius 2 is 1.81 bits per heavy atom. The Bertz CT molecular complexity index is 950. The number of hydrogen-bond donors (Lipinski definition) is 2. The van der Waals surface area contributed by atoms with E-state index >= 15 is 0 Å². The summed E-state index contributed by atoms with van der Waals surface area (Å²) in [5.41, 5.74) is 4.68. The monoisotopic (exact) mass is 441 g/mol. The second-order valence-corrected chi connectivity index (χ2v) is 8.19. The van der Waals surface area contributed by atoms with Crippen molar-refractivity contribution in [1.82, 2.24) is 10.2 Å². The summed E-state index contributed by atoms with van der Waals surface area (Å²) in [6.45, 7) is 15.2. The lowest BCUT2D eigenvalue weighted by Gasteiger charge is -2.17. The van der Waals surface area contributed by atoms with E-state index in [4.69, 9.17) is 0 Å². The molecule has 2 N–H and O–H groups in total. The summed E-state index contributed by atoms with van der Waals surface area (Å²) in [6, 6.07) is 4.24. The van der Waals surface area contributed by atoms with Gasteiger partial charge in [0.25, 0.3) is 11.8 Å². The largest absolute Gasteiger partial charge is 0.351 e. The highest BCUT2D eigenvalue weighted by molar-refractivity contribution is 6.31. The Kier molecular flexibility index (Phi) is 9.39. The molecule has 0 spiro atoms. The molecule has 1 aromatic rings. The standard InChI is InChI=1S/C24H30FN3O2.C2H6/c1-15(2)22(24(30)26-9-12-28-10-5-6-11-28)17(4)16(3)13-20-19-14-18(25)7-8-21(19)27-23(20)29;1-2/h7-8,13-14H,5-6,9-12H2,1-4H3,(H,26,30)(H,27,29);1-2H3/b17-16+,20-13-;. The average molecular weight is 442 g/mol. The first-order chi connectivity index (χ1) is 15.3. The van der Waals surface area contributed by atoms with E-state index < -0.39 is 5.82 Å². The highest BCUT2D eigenvalue weighted by Gasteiger charge is 2.25. The van der Waals surface area contributed by atoms with Crippen LogP contribution in [-0.4, -0.2) is 42.9 Å². The van der Waals surface area contributed by atoms with Crippen LogP contribution in [0.5, 0.6) is 0 Å². The Labute approximate surface area is 191 Å². The Morgan fingerprint density at radius 1 is 1.16 bits per heavy atom. The van der Waals surface area contributed by atoms with Crippen molar-refractivity contribution in [3.8, 4) is 0 Å². The first kappa shape index (κ1) is 25.5. The van der Waals surface area contributed by atoms with Gasteiger partial charge in [-0.25, -0.2) is 4.39 Å². The molecule has 1 fully saturated rings. The first-order valence-electron chi connectivity index (χ1n) is 11.5. The molecule has 0 bridgehead atoms. The number of nitrogens with one attached hydrogen (secondary N) is 2. The molecule has 2 aliphatic heterocycles. The fraction of sp³-hybridized carbons (Fsp3) is 0.462. The molecule has 0 aromatic heterocycles. The predicted molar refractivity (Wildman–Crippen MR) is 130 cm³/mol. The van der Waals surface area contributed by atoms with Crippen molar-refractivity contribution in [2.75, 3.05) is 31.5 Å². The van der Waals surface area contributed by atoms with E-state index in [1.54, 1.807) is 12.1 Å². The van der Waals surface area contributed by atoms with Gasteiger partial charge in [0, 0.05) is 35.5 Å². The van der Waals surface area contributed by atoms with Crippen molar-refractivity contribution in [1.29, 1.82) is 0 Å². The molecular weight excluding hydrogens is 405 g/mol. The Morgan fingerprint density at radius 3 is 2.44 bits per heavy atom. The second kappa shape index (κ2) is 11.8. The third kappa shape index (κ3) is 6.16. The highest BCUT2D eigenvalue weighted by atomic mass is 19.1. The molecule has 5 nitrogen and oxygen atoms in total. The molecule has 3 rings (SSSR count). The minimum absolute atomic E-state index is 0.105. The van der Waals surface area contributed by atoms with Gasteiger partial charge in [0.1, 0.15) is 5.82 Å². The van der Waals surface area contributed by atoms with Crippen molar-refractivity contribution < 1.29 is 14.0 Å². The zero-order valence-electron chi connectivity index (χ0n) is 20.2. The van der Waals surface area contributed by atoms with Crippen LogP contribution in [0.2, 0.25) is 0 Å². The molecule has 0 saturated carbocycles. The summed E-state index contributed by atoms with van der Waals surface area (Å²) in [5, 5.41) is 5.79. The molecule has 0 unspecified atom stereocenters. The molecule has 0 aliphatic carbocycles. The van der Waals surface area contributed by atoms with Gasteiger partial charge in [-0.3, -0.25) is 9.59 Å². The number of hydrogen-bond acceptors (Lipinski definition) is 3. The van der Waals surface area contributed by atoms with Crippen molar-refractivity contribution in [3.63, 3.8) is 0 Å². The quantitative estimate of drug-likeness (QED) is 0.478. The molecule has 2 heterocycles. The van der Waals surface area contributed by atoms with Gasteiger partial charge >= 0.3 is 0 Å². The molecule has 2 aliphatic rings. The molecule has 6 heteroatoms. The molecule has 1 aromatic carbocycles. The van der Waals surface area contributed by atoms with E-state index in [1.807, 2.05) is 41.5 Å². The van der Waals surface area contributed by atoms with Crippen molar-refractivity contribution in [3.05, 3.63) is 57.9 Å². The number of rotatable bonds is 6. The van der Waals surface area contributed by atoms with Crippen LogP contribution in [-0.2, 0) is 9.59 Å². The average Bonchev–Trinajstić information content (AvgIpc) is 3.37. The van der Waals surface area contributed by atoms with Crippen LogP contribution in [0.15, 0.2) is 46.6 Å². The van der Waals surface area contributed by atoms with Gasteiger partial charge in [-0.05, 0) is 89.0 Å². The Hall–Kier alpha value is -2.73. The van der Waals surface area contributed by atoms with Crippen LogP contribution in [0.1, 0.15) is 59.9 Å². The summed E-state index contributed by atoms with van der Waals surface area (Å²) >= 11 is 0. The maximum atomic E-state index is 13.7. The molecule has 0 atom stereocenters. The van der Waals surface area contributed by atoms with Gasteiger partial charge in [0.05, 0.1) is 0 Å². The van der Waals surface area contributed by atoms with Crippen molar-refractivity contribution >= 4 is 23.1 Å². The molecule has 174 valence electrons. The smallest absolute Gasteiger partial charge is 0.256 e. The number of amides is 2. The second-order valence-electron chi connectivity index (χ2n) is 8.19. The number of likely N-dealkylation sites (tertiary alicyclic amines) is 1. The molecule has 2 amide bonds. The topological polar surface area (TPSA) is 61.4 Å². The number of fused-ring (bicyclic) bond motifs is 1. The fourth-order valence-electron chi connectivity index (χ4n) is 4.02. The predicted octanol–water partition coefficient (Wildman–Crippen LogP) is 5.07. The van der Waals surface area contributed by atoms with Crippen LogP contribution in [0.3, 0.4) is 0 Å². The summed E-state index contributed by atoms with van der Waals surface area (Å²) < 4.78 is 13.7. The number of anilines is 1. The lowest BCUT2D eigenvalue weighted by atomic mass is 9.95. The minimum atomic E-state index is -0.392. The summed E-state index contributed by atoms with van der Waals surface area (Å²) in [6.07, 6.45) is 4.18. The maximum Gasteiger partial charge on any atom is 0.256 e. The van der Waals surface area contributed by atoms with Crippen molar-refractivity contribution in [2.45, 2.75) is 54.4 Å². The van der Waals surface area contributed by atoms with Gasteiger partial charge in [0.2, 0.25) is 0 Å². The van der Waals surface area contributed by atoms with E-state index in [0.29, 0.717) is 28.9 Å². The number of carbonyl (C=O) groups excluding carboxylic acids is 2. The number of halogens is 1. The molecular formula is C26H36FN3O2. The number of benzene rings is 1. The number of nitrogens with zero attached hydrogens (tertiary/aromatic N) is 1. The molecule has 0 radical (unpaired) electrons. The van der Waals surface area contributed by atoms with Crippen LogP contribution < -0.4 is 10.6 Å². The van der Waals surface area contributed by atoms with E-state index in [2.05, 4.69) is 15.5 Å².